The van der Waals surface area contributed by atoms with Gasteiger partial charge in [0, 0.05) is 53.1 Å². The summed E-state index contributed by atoms with van der Waals surface area (Å²) in [7, 11) is -2.29. The van der Waals surface area contributed by atoms with Crippen LogP contribution < -0.4 is 10.6 Å². The van der Waals surface area contributed by atoms with E-state index in [4.69, 9.17) is 20.2 Å². The van der Waals surface area contributed by atoms with Crippen LogP contribution in [0.25, 0.3) is 5.65 Å². The highest BCUT2D eigenvalue weighted by Gasteiger charge is 2.23. The van der Waals surface area contributed by atoms with Crippen molar-refractivity contribution < 1.29 is 9.47 Å². The number of hydrogen-bond donors (Lipinski definition) is 1. The summed E-state index contributed by atoms with van der Waals surface area (Å²) in [6.07, 6.45) is 7.87. The SMILES string of the molecule is C[Si](C)(C)CCOCN(COCC[Si](C)(C)C)c1cc(C2CCC(=CN)CC2)nc2ccnn12. The number of fused-ring (bicyclic) bond motifs is 1. The van der Waals surface area contributed by atoms with E-state index in [0.717, 1.165) is 68.1 Å². The van der Waals surface area contributed by atoms with Crippen LogP contribution in [0.1, 0.15) is 37.3 Å². The molecule has 0 aromatic carbocycles. The molecule has 1 saturated carbocycles. The Bertz CT molecular complexity index is 917. The van der Waals surface area contributed by atoms with E-state index in [1.165, 1.54) is 5.57 Å². The first kappa shape index (κ1) is 26.9. The number of rotatable bonds is 12. The van der Waals surface area contributed by atoms with Crippen molar-refractivity contribution in [3.05, 3.63) is 35.8 Å². The molecule has 0 amide bonds. The quantitative estimate of drug-likeness (QED) is 0.229. The fourth-order valence-electron chi connectivity index (χ4n) is 4.08. The number of aromatic nitrogens is 3. The Morgan fingerprint density at radius 2 is 1.62 bits per heavy atom. The molecule has 2 N–H and O–H groups in total. The largest absolute Gasteiger partial charge is 0.405 e. The van der Waals surface area contributed by atoms with Crippen molar-refractivity contribution in [2.75, 3.05) is 31.6 Å². The molecule has 0 aliphatic heterocycles. The van der Waals surface area contributed by atoms with Gasteiger partial charge in [0.05, 0.1) is 6.20 Å². The highest BCUT2D eigenvalue weighted by atomic mass is 28.3. The third-order valence-electron chi connectivity index (χ3n) is 6.45. The molecule has 0 atom stereocenters. The lowest BCUT2D eigenvalue weighted by atomic mass is 9.84. The van der Waals surface area contributed by atoms with E-state index in [1.807, 2.05) is 16.8 Å². The molecule has 7 nitrogen and oxygen atoms in total. The van der Waals surface area contributed by atoms with Gasteiger partial charge in [-0.15, -0.1) is 0 Å². The van der Waals surface area contributed by atoms with Gasteiger partial charge < -0.3 is 20.1 Å². The molecule has 2 heterocycles. The second-order valence-electron chi connectivity index (χ2n) is 12.0. The zero-order valence-corrected chi connectivity index (χ0v) is 24.1. The van der Waals surface area contributed by atoms with Crippen LogP contribution in [0.5, 0.6) is 0 Å². The first-order valence-electron chi connectivity index (χ1n) is 12.7. The first-order valence-corrected chi connectivity index (χ1v) is 20.1. The molecule has 0 spiro atoms. The van der Waals surface area contributed by atoms with Gasteiger partial charge in [0.1, 0.15) is 19.3 Å². The number of hydrogen-bond acceptors (Lipinski definition) is 6. The second-order valence-corrected chi connectivity index (χ2v) is 23.2. The maximum atomic E-state index is 6.17. The number of nitrogens with two attached hydrogens (primary N) is 1. The first-order chi connectivity index (χ1) is 16.1. The molecule has 0 radical (unpaired) electrons. The Morgan fingerprint density at radius 3 is 2.15 bits per heavy atom. The Hall–Kier alpha value is -1.69. The van der Waals surface area contributed by atoms with Gasteiger partial charge in [-0.1, -0.05) is 44.9 Å². The number of allylic oxidation sites excluding steroid dienone is 1. The molecule has 1 aliphatic rings. The van der Waals surface area contributed by atoms with E-state index >= 15 is 0 Å². The highest BCUT2D eigenvalue weighted by Crippen LogP contribution is 2.35. The predicted molar refractivity (Wildman–Crippen MR) is 147 cm³/mol. The van der Waals surface area contributed by atoms with E-state index in [-0.39, 0.29) is 0 Å². The van der Waals surface area contributed by atoms with Gasteiger partial charge in [-0.3, -0.25) is 0 Å². The Labute approximate surface area is 207 Å². The van der Waals surface area contributed by atoms with Crippen LogP contribution in [-0.2, 0) is 9.47 Å². The molecule has 0 bridgehead atoms. The number of nitrogens with zero attached hydrogens (tertiary/aromatic N) is 4. The van der Waals surface area contributed by atoms with Crippen LogP contribution in [0, 0.1) is 0 Å². The lowest BCUT2D eigenvalue weighted by Crippen LogP contribution is -2.33. The molecule has 2 aromatic heterocycles. The zero-order valence-electron chi connectivity index (χ0n) is 22.1. The van der Waals surface area contributed by atoms with Gasteiger partial charge in [0.25, 0.3) is 0 Å². The summed E-state index contributed by atoms with van der Waals surface area (Å²) in [5, 5.41) is 4.58. The molecule has 1 aliphatic carbocycles. The van der Waals surface area contributed by atoms with Crippen LogP contribution >= 0.6 is 0 Å². The Morgan fingerprint density at radius 1 is 1.03 bits per heavy atom. The van der Waals surface area contributed by atoms with E-state index in [1.54, 1.807) is 6.20 Å². The summed E-state index contributed by atoms with van der Waals surface area (Å²) in [6.45, 7) is 16.8. The third-order valence-corrected chi connectivity index (χ3v) is 9.86. The van der Waals surface area contributed by atoms with E-state index in [2.05, 4.69) is 55.3 Å². The molecule has 0 saturated heterocycles. The lowest BCUT2D eigenvalue weighted by molar-refractivity contribution is 0.0942. The van der Waals surface area contributed by atoms with Crippen molar-refractivity contribution in [3.8, 4) is 0 Å². The fraction of sp³-hybridized carbons (Fsp3) is 0.680. The average Bonchev–Trinajstić information content (AvgIpc) is 3.25. The number of anilines is 1. The predicted octanol–water partition coefficient (Wildman–Crippen LogP) is 5.66. The Kier molecular flexibility index (Phi) is 9.37. The fourth-order valence-corrected chi connectivity index (χ4v) is 5.59. The smallest absolute Gasteiger partial charge is 0.157 e. The van der Waals surface area contributed by atoms with Crippen LogP contribution in [-0.4, -0.2) is 57.4 Å². The summed E-state index contributed by atoms with van der Waals surface area (Å²) in [5.74, 6) is 1.43. The lowest BCUT2D eigenvalue weighted by Gasteiger charge is -2.28. The Balaban J connectivity index is 1.79. The van der Waals surface area contributed by atoms with Crippen molar-refractivity contribution in [2.45, 2.75) is 83.0 Å². The van der Waals surface area contributed by atoms with Crippen molar-refractivity contribution in [3.63, 3.8) is 0 Å². The summed E-state index contributed by atoms with van der Waals surface area (Å²) in [5.41, 5.74) is 9.13. The van der Waals surface area contributed by atoms with Gasteiger partial charge in [-0.2, -0.15) is 9.61 Å². The molecule has 2 aromatic rings. The van der Waals surface area contributed by atoms with Crippen LogP contribution in [0.15, 0.2) is 30.1 Å². The summed E-state index contributed by atoms with van der Waals surface area (Å²) >= 11 is 0. The van der Waals surface area contributed by atoms with Crippen molar-refractivity contribution in [1.82, 2.24) is 14.6 Å². The van der Waals surface area contributed by atoms with Crippen LogP contribution in [0.3, 0.4) is 0 Å². The molecule has 1 fully saturated rings. The van der Waals surface area contributed by atoms with E-state index in [0.29, 0.717) is 19.4 Å². The van der Waals surface area contributed by atoms with Gasteiger partial charge in [-0.05, 0) is 44.0 Å². The molecule has 0 unspecified atom stereocenters. The standard InChI is InChI=1S/C25H45N5O2Si2/c1-33(2,3)15-13-31-19-29(20-32-14-16-34(4,5)6)25-17-23(28-24-11-12-27-30(24)25)22-9-7-21(18-26)8-10-22/h11-12,17-18,22H,7-10,13-16,19-20,26H2,1-6H3. The molecule has 34 heavy (non-hydrogen) atoms. The molecule has 9 heteroatoms. The van der Waals surface area contributed by atoms with Crippen LogP contribution in [0.4, 0.5) is 5.82 Å². The van der Waals surface area contributed by atoms with Gasteiger partial charge in [0.15, 0.2) is 5.65 Å². The minimum atomic E-state index is -1.15. The maximum absolute atomic E-state index is 6.17. The molecule has 190 valence electrons. The molecular weight excluding hydrogens is 458 g/mol. The molecular formula is C25H45N5O2Si2. The van der Waals surface area contributed by atoms with Crippen molar-refractivity contribution >= 4 is 27.6 Å². The number of ether oxygens (including phenoxy) is 2. The normalized spacial score (nSPS) is 17.4. The van der Waals surface area contributed by atoms with Gasteiger partial charge >= 0.3 is 0 Å². The minimum Gasteiger partial charge on any atom is -0.405 e. The second kappa shape index (κ2) is 11.8. The average molecular weight is 504 g/mol. The third kappa shape index (κ3) is 8.21. The summed E-state index contributed by atoms with van der Waals surface area (Å²) in [6, 6.07) is 6.48. The molecule has 3 rings (SSSR count). The monoisotopic (exact) mass is 503 g/mol. The zero-order chi connectivity index (χ0) is 24.8. The van der Waals surface area contributed by atoms with Crippen molar-refractivity contribution in [2.24, 2.45) is 5.73 Å². The van der Waals surface area contributed by atoms with Crippen LogP contribution in [0.2, 0.25) is 51.4 Å². The van der Waals surface area contributed by atoms with Crippen molar-refractivity contribution in [1.29, 1.82) is 0 Å². The highest BCUT2D eigenvalue weighted by molar-refractivity contribution is 6.76. The maximum Gasteiger partial charge on any atom is 0.157 e. The van der Waals surface area contributed by atoms with E-state index < -0.39 is 16.1 Å². The van der Waals surface area contributed by atoms with E-state index in [9.17, 15) is 0 Å². The van der Waals surface area contributed by atoms with Gasteiger partial charge in [-0.25, -0.2) is 4.98 Å². The summed E-state index contributed by atoms with van der Waals surface area (Å²) < 4.78 is 14.3. The minimum absolute atomic E-state index is 0.435. The van der Waals surface area contributed by atoms with Gasteiger partial charge in [0.2, 0.25) is 0 Å². The topological polar surface area (TPSA) is 77.9 Å². The summed E-state index contributed by atoms with van der Waals surface area (Å²) in [4.78, 5) is 7.14.